The van der Waals surface area contributed by atoms with Crippen molar-refractivity contribution in [2.45, 2.75) is 19.4 Å². The number of benzene rings is 1. The van der Waals surface area contributed by atoms with Gasteiger partial charge in [-0.3, -0.25) is 9.59 Å². The molecule has 0 radical (unpaired) electrons. The molecule has 0 bridgehead atoms. The number of carbonyl (C=O) groups is 4. The monoisotopic (exact) mass is 392 g/mol. The number of amides is 2. The van der Waals surface area contributed by atoms with E-state index < -0.39 is 23.8 Å². The van der Waals surface area contributed by atoms with E-state index in [4.69, 9.17) is 9.47 Å². The molecule has 0 unspecified atom stereocenters. The number of methoxy groups -OCH3 is 3. The first-order chi connectivity index (χ1) is 13.3. The Bertz CT molecular complexity index is 778. The van der Waals surface area contributed by atoms with Crippen molar-refractivity contribution < 1.29 is 33.4 Å². The topological polar surface area (TPSA) is 111 Å². The maximum Gasteiger partial charge on any atom is 0.339 e. The second kappa shape index (κ2) is 9.32. The van der Waals surface area contributed by atoms with Crippen LogP contribution in [0.1, 0.15) is 34.1 Å². The number of hydrogen-bond donors (Lipinski definition) is 1. The molecule has 1 aromatic carbocycles. The van der Waals surface area contributed by atoms with Gasteiger partial charge >= 0.3 is 11.9 Å². The number of likely N-dealkylation sites (tertiary alicyclic amines) is 1. The third kappa shape index (κ3) is 4.66. The number of carbonyl (C=O) groups excluding carboxylic acids is 4. The first-order valence-electron chi connectivity index (χ1n) is 8.72. The maximum atomic E-state index is 12.7. The summed E-state index contributed by atoms with van der Waals surface area (Å²) in [6.07, 6.45) is 0.0597. The summed E-state index contributed by atoms with van der Waals surface area (Å²) in [5.74, 6) is -2.42. The summed E-state index contributed by atoms with van der Waals surface area (Å²) >= 11 is 0. The van der Waals surface area contributed by atoms with Crippen LogP contribution in [-0.2, 0) is 23.8 Å². The SMILES string of the molecule is COC[C@H](C)N1C[C@@H](C(=O)Nc2cc(C(=O)OC)ccc2C(=O)OC)CC1=O. The van der Waals surface area contributed by atoms with E-state index in [-0.39, 0.29) is 41.7 Å². The van der Waals surface area contributed by atoms with Gasteiger partial charge in [0.1, 0.15) is 0 Å². The van der Waals surface area contributed by atoms with Crippen LogP contribution in [0.3, 0.4) is 0 Å². The molecule has 1 saturated heterocycles. The van der Waals surface area contributed by atoms with Crippen molar-refractivity contribution in [3.8, 4) is 0 Å². The van der Waals surface area contributed by atoms with E-state index in [1.807, 2.05) is 6.92 Å². The first kappa shape index (κ1) is 21.4. The quantitative estimate of drug-likeness (QED) is 0.691. The number of rotatable bonds is 7. The highest BCUT2D eigenvalue weighted by molar-refractivity contribution is 6.05. The third-order valence-corrected chi connectivity index (χ3v) is 4.57. The van der Waals surface area contributed by atoms with Gasteiger partial charge in [-0.1, -0.05) is 0 Å². The standard InChI is InChI=1S/C19H24N2O7/c1-11(10-26-2)21-9-13(8-16(21)22)17(23)20-15-7-12(18(24)27-3)5-6-14(15)19(25)28-4/h5-7,11,13H,8-10H2,1-4H3,(H,20,23)/t11-,13-/m0/s1. The molecule has 0 spiro atoms. The summed E-state index contributed by atoms with van der Waals surface area (Å²) in [6, 6.07) is 3.98. The smallest absolute Gasteiger partial charge is 0.339 e. The number of anilines is 1. The zero-order chi connectivity index (χ0) is 20.8. The molecule has 1 N–H and O–H groups in total. The van der Waals surface area contributed by atoms with Crippen LogP contribution in [0.15, 0.2) is 18.2 Å². The van der Waals surface area contributed by atoms with Gasteiger partial charge in [-0.2, -0.15) is 0 Å². The van der Waals surface area contributed by atoms with Crippen LogP contribution in [0.4, 0.5) is 5.69 Å². The second-order valence-corrected chi connectivity index (χ2v) is 6.48. The molecule has 152 valence electrons. The van der Waals surface area contributed by atoms with Crippen LogP contribution in [0.5, 0.6) is 0 Å². The van der Waals surface area contributed by atoms with Crippen molar-refractivity contribution in [1.29, 1.82) is 0 Å². The van der Waals surface area contributed by atoms with E-state index in [1.165, 1.54) is 32.4 Å². The molecule has 2 rings (SSSR count). The van der Waals surface area contributed by atoms with Gasteiger partial charge in [0, 0.05) is 20.1 Å². The van der Waals surface area contributed by atoms with Gasteiger partial charge in [-0.25, -0.2) is 9.59 Å². The fourth-order valence-electron chi connectivity index (χ4n) is 3.08. The average Bonchev–Trinajstić information content (AvgIpc) is 3.08. The van der Waals surface area contributed by atoms with Gasteiger partial charge in [0.2, 0.25) is 11.8 Å². The lowest BCUT2D eigenvalue weighted by Gasteiger charge is -2.24. The predicted molar refractivity (Wildman–Crippen MR) is 98.9 cm³/mol. The Labute approximate surface area is 162 Å². The van der Waals surface area contributed by atoms with Crippen molar-refractivity contribution in [2.75, 3.05) is 39.8 Å². The zero-order valence-corrected chi connectivity index (χ0v) is 16.3. The Morgan fingerprint density at radius 3 is 2.46 bits per heavy atom. The molecule has 2 atom stereocenters. The van der Waals surface area contributed by atoms with E-state index in [1.54, 1.807) is 12.0 Å². The molecule has 0 aromatic heterocycles. The molecule has 9 nitrogen and oxygen atoms in total. The minimum atomic E-state index is -0.662. The van der Waals surface area contributed by atoms with Gasteiger partial charge in [0.05, 0.1) is 49.6 Å². The van der Waals surface area contributed by atoms with Crippen LogP contribution in [0.2, 0.25) is 0 Å². The summed E-state index contributed by atoms with van der Waals surface area (Å²) in [5.41, 5.74) is 0.385. The van der Waals surface area contributed by atoms with Crippen LogP contribution in [0, 0.1) is 5.92 Å². The van der Waals surface area contributed by atoms with Crippen LogP contribution in [-0.4, -0.2) is 69.2 Å². The normalized spacial score (nSPS) is 17.2. The highest BCUT2D eigenvalue weighted by Crippen LogP contribution is 2.25. The van der Waals surface area contributed by atoms with E-state index in [0.717, 1.165) is 0 Å². The first-order valence-corrected chi connectivity index (χ1v) is 8.72. The van der Waals surface area contributed by atoms with Crippen molar-refractivity contribution in [1.82, 2.24) is 4.90 Å². The van der Waals surface area contributed by atoms with Crippen molar-refractivity contribution >= 4 is 29.4 Å². The lowest BCUT2D eigenvalue weighted by Crippen LogP contribution is -2.38. The van der Waals surface area contributed by atoms with Gasteiger partial charge in [0.15, 0.2) is 0 Å². The number of ether oxygens (including phenoxy) is 3. The lowest BCUT2D eigenvalue weighted by molar-refractivity contribution is -0.130. The molecular weight excluding hydrogens is 368 g/mol. The van der Waals surface area contributed by atoms with Gasteiger partial charge in [0.25, 0.3) is 0 Å². The summed E-state index contributed by atoms with van der Waals surface area (Å²) in [6.45, 7) is 2.46. The molecule has 9 heteroatoms. The molecule has 28 heavy (non-hydrogen) atoms. The Hall–Kier alpha value is -2.94. The van der Waals surface area contributed by atoms with E-state index >= 15 is 0 Å². The molecule has 1 heterocycles. The molecule has 0 saturated carbocycles. The van der Waals surface area contributed by atoms with Crippen molar-refractivity contribution in [2.24, 2.45) is 5.92 Å². The molecule has 1 aliphatic rings. The number of nitrogens with one attached hydrogen (secondary N) is 1. The third-order valence-electron chi connectivity index (χ3n) is 4.57. The van der Waals surface area contributed by atoms with Gasteiger partial charge in [-0.05, 0) is 25.1 Å². The average molecular weight is 392 g/mol. The molecule has 0 aliphatic carbocycles. The number of nitrogens with zero attached hydrogens (tertiary/aromatic N) is 1. The Morgan fingerprint density at radius 1 is 1.18 bits per heavy atom. The van der Waals surface area contributed by atoms with Gasteiger partial charge < -0.3 is 24.4 Å². The van der Waals surface area contributed by atoms with Crippen LogP contribution in [0.25, 0.3) is 0 Å². The second-order valence-electron chi connectivity index (χ2n) is 6.48. The fraction of sp³-hybridized carbons (Fsp3) is 0.474. The highest BCUT2D eigenvalue weighted by atomic mass is 16.5. The molecule has 1 fully saturated rings. The molecule has 1 aliphatic heterocycles. The largest absolute Gasteiger partial charge is 0.465 e. The van der Waals surface area contributed by atoms with Crippen molar-refractivity contribution in [3.63, 3.8) is 0 Å². The minimum absolute atomic E-state index is 0.0597. The lowest BCUT2D eigenvalue weighted by atomic mass is 10.1. The Balaban J connectivity index is 2.21. The van der Waals surface area contributed by atoms with Gasteiger partial charge in [-0.15, -0.1) is 0 Å². The summed E-state index contributed by atoms with van der Waals surface area (Å²) in [7, 11) is 3.99. The summed E-state index contributed by atoms with van der Waals surface area (Å²) < 4.78 is 14.5. The fourth-order valence-corrected chi connectivity index (χ4v) is 3.08. The summed E-state index contributed by atoms with van der Waals surface area (Å²) in [5, 5.41) is 2.64. The van der Waals surface area contributed by atoms with E-state index in [2.05, 4.69) is 10.1 Å². The van der Waals surface area contributed by atoms with E-state index in [0.29, 0.717) is 6.61 Å². The zero-order valence-electron chi connectivity index (χ0n) is 16.3. The molecular formula is C19H24N2O7. The van der Waals surface area contributed by atoms with Crippen molar-refractivity contribution in [3.05, 3.63) is 29.3 Å². The Morgan fingerprint density at radius 2 is 1.86 bits per heavy atom. The van der Waals surface area contributed by atoms with Crippen LogP contribution < -0.4 is 5.32 Å². The summed E-state index contributed by atoms with van der Waals surface area (Å²) in [4.78, 5) is 50.3. The Kier molecular flexibility index (Phi) is 7.11. The highest BCUT2D eigenvalue weighted by Gasteiger charge is 2.37. The van der Waals surface area contributed by atoms with Crippen LogP contribution >= 0.6 is 0 Å². The molecule has 2 amide bonds. The maximum absolute atomic E-state index is 12.7. The number of esters is 2. The number of hydrogen-bond acceptors (Lipinski definition) is 7. The molecule has 1 aromatic rings. The predicted octanol–water partition coefficient (Wildman–Crippen LogP) is 1.08. The van der Waals surface area contributed by atoms with E-state index in [9.17, 15) is 19.2 Å². The minimum Gasteiger partial charge on any atom is -0.465 e.